The van der Waals surface area contributed by atoms with E-state index in [-0.39, 0.29) is 6.10 Å². The van der Waals surface area contributed by atoms with Crippen LogP contribution in [-0.4, -0.2) is 50.0 Å². The number of benzene rings is 1. The van der Waals surface area contributed by atoms with Crippen molar-refractivity contribution in [3.63, 3.8) is 0 Å². The number of hydrogen-bond acceptors (Lipinski definition) is 6. The fourth-order valence-electron chi connectivity index (χ4n) is 2.36. The number of oxazole rings is 1. The molecule has 0 bridgehead atoms. The third-order valence-corrected chi connectivity index (χ3v) is 3.38. The van der Waals surface area contributed by atoms with Gasteiger partial charge in [0.05, 0.1) is 19.8 Å². The molecule has 1 aromatic heterocycles. The lowest BCUT2D eigenvalue weighted by molar-refractivity contribution is 0.0383. The van der Waals surface area contributed by atoms with Crippen LogP contribution in [0.2, 0.25) is 0 Å². The molecule has 0 unspecified atom stereocenters. The van der Waals surface area contributed by atoms with E-state index in [9.17, 15) is 4.79 Å². The van der Waals surface area contributed by atoms with E-state index in [2.05, 4.69) is 10.3 Å². The summed E-state index contributed by atoms with van der Waals surface area (Å²) in [7, 11) is 0. The van der Waals surface area contributed by atoms with Gasteiger partial charge >= 0.3 is 6.09 Å². The van der Waals surface area contributed by atoms with Gasteiger partial charge in [-0.2, -0.15) is 4.98 Å². The summed E-state index contributed by atoms with van der Waals surface area (Å²) in [6.45, 7) is 4.41. The van der Waals surface area contributed by atoms with Gasteiger partial charge in [0, 0.05) is 13.1 Å². The van der Waals surface area contributed by atoms with E-state index in [1.54, 1.807) is 0 Å². The second-order valence-electron chi connectivity index (χ2n) is 5.04. The summed E-state index contributed by atoms with van der Waals surface area (Å²) in [5, 5.41) is 2.62. The molecule has 1 fully saturated rings. The van der Waals surface area contributed by atoms with Crippen molar-refractivity contribution in [1.29, 1.82) is 0 Å². The number of alkyl carbamates (subject to hydrolysis) is 1. The second-order valence-corrected chi connectivity index (χ2v) is 5.04. The van der Waals surface area contributed by atoms with Gasteiger partial charge in [-0.15, -0.1) is 0 Å². The zero-order valence-corrected chi connectivity index (χ0v) is 12.4. The summed E-state index contributed by atoms with van der Waals surface area (Å²) < 4.78 is 16.6. The van der Waals surface area contributed by atoms with Crippen LogP contribution in [-0.2, 0) is 9.47 Å². The zero-order valence-electron chi connectivity index (χ0n) is 12.4. The maximum absolute atomic E-state index is 11.6. The lowest BCUT2D eigenvalue weighted by Gasteiger charge is -2.21. The van der Waals surface area contributed by atoms with Crippen LogP contribution in [0.15, 0.2) is 28.7 Å². The molecule has 7 nitrogen and oxygen atoms in total. The smallest absolute Gasteiger partial charge is 0.407 e. The molecule has 0 radical (unpaired) electrons. The van der Waals surface area contributed by atoms with Crippen LogP contribution in [0.3, 0.4) is 0 Å². The zero-order chi connectivity index (χ0) is 15.4. The number of nitrogens with one attached hydrogen (secondary N) is 1. The molecule has 1 saturated heterocycles. The van der Waals surface area contributed by atoms with Crippen LogP contribution in [0, 0.1) is 0 Å². The van der Waals surface area contributed by atoms with Gasteiger partial charge in [-0.05, 0) is 19.1 Å². The SMILES string of the molecule is CCNC(=O)O[C@H]1COCCN(c2nc3ccccc3o2)C1. The van der Waals surface area contributed by atoms with Crippen LogP contribution in [0.5, 0.6) is 0 Å². The third-order valence-electron chi connectivity index (χ3n) is 3.38. The molecular weight excluding hydrogens is 286 g/mol. The average Bonchev–Trinajstić information content (AvgIpc) is 2.81. The van der Waals surface area contributed by atoms with Crippen LogP contribution in [0.25, 0.3) is 11.1 Å². The lowest BCUT2D eigenvalue weighted by atomic mass is 10.3. The highest BCUT2D eigenvalue weighted by molar-refractivity contribution is 5.74. The first-order chi connectivity index (χ1) is 10.8. The van der Waals surface area contributed by atoms with Gasteiger partial charge in [-0.1, -0.05) is 12.1 Å². The van der Waals surface area contributed by atoms with E-state index in [4.69, 9.17) is 13.9 Å². The Morgan fingerprint density at radius 3 is 3.18 bits per heavy atom. The van der Waals surface area contributed by atoms with Gasteiger partial charge in [0.15, 0.2) is 5.58 Å². The molecule has 7 heteroatoms. The molecule has 1 aliphatic heterocycles. The maximum atomic E-state index is 11.6. The Labute approximate surface area is 128 Å². The van der Waals surface area contributed by atoms with Crippen LogP contribution >= 0.6 is 0 Å². The Hall–Kier alpha value is -2.28. The average molecular weight is 305 g/mol. The van der Waals surface area contributed by atoms with Gasteiger partial charge in [0.1, 0.15) is 11.6 Å². The topological polar surface area (TPSA) is 76.8 Å². The number of fused-ring (bicyclic) bond motifs is 1. The van der Waals surface area contributed by atoms with Crippen molar-refractivity contribution in [1.82, 2.24) is 10.3 Å². The summed E-state index contributed by atoms with van der Waals surface area (Å²) >= 11 is 0. The van der Waals surface area contributed by atoms with Crippen molar-refractivity contribution in [2.45, 2.75) is 13.0 Å². The van der Waals surface area contributed by atoms with Crippen molar-refractivity contribution in [2.24, 2.45) is 0 Å². The van der Waals surface area contributed by atoms with E-state index < -0.39 is 6.09 Å². The van der Waals surface area contributed by atoms with Gasteiger partial charge < -0.3 is 24.1 Å². The minimum Gasteiger partial charge on any atom is -0.442 e. The lowest BCUT2D eigenvalue weighted by Crippen LogP contribution is -2.38. The van der Waals surface area contributed by atoms with Crippen molar-refractivity contribution in [3.05, 3.63) is 24.3 Å². The summed E-state index contributed by atoms with van der Waals surface area (Å²) in [5.74, 6) is 0. The third kappa shape index (κ3) is 3.30. The van der Waals surface area contributed by atoms with Crippen molar-refractivity contribution < 1.29 is 18.7 Å². The fourth-order valence-corrected chi connectivity index (χ4v) is 2.36. The molecule has 3 rings (SSSR count). The summed E-state index contributed by atoms with van der Waals surface area (Å²) in [6, 6.07) is 8.13. The van der Waals surface area contributed by atoms with Crippen LogP contribution in [0.1, 0.15) is 6.92 Å². The predicted octanol–water partition coefficient (Wildman–Crippen LogP) is 1.78. The summed E-state index contributed by atoms with van der Waals surface area (Å²) in [4.78, 5) is 18.0. The Kier molecular flexibility index (Phi) is 4.43. The highest BCUT2D eigenvalue weighted by Crippen LogP contribution is 2.22. The highest BCUT2D eigenvalue weighted by atomic mass is 16.6. The van der Waals surface area contributed by atoms with E-state index >= 15 is 0 Å². The fraction of sp³-hybridized carbons (Fsp3) is 0.467. The van der Waals surface area contributed by atoms with Gasteiger partial charge in [0.25, 0.3) is 6.01 Å². The standard InChI is InChI=1S/C15H19N3O4/c1-2-16-15(19)21-11-9-18(7-8-20-10-11)14-17-12-5-3-4-6-13(12)22-14/h3-6,11H,2,7-10H2,1H3,(H,16,19)/t11-/m1/s1. The molecule has 0 spiro atoms. The number of rotatable bonds is 3. The minimum atomic E-state index is -0.435. The Balaban J connectivity index is 1.73. The number of anilines is 1. The number of nitrogens with zero attached hydrogens (tertiary/aromatic N) is 2. The molecule has 1 amide bonds. The largest absolute Gasteiger partial charge is 0.442 e. The van der Waals surface area contributed by atoms with Crippen molar-refractivity contribution in [2.75, 3.05) is 37.7 Å². The molecule has 1 aromatic carbocycles. The van der Waals surface area contributed by atoms with E-state index in [0.29, 0.717) is 38.9 Å². The van der Waals surface area contributed by atoms with Gasteiger partial charge in [-0.25, -0.2) is 4.79 Å². The van der Waals surface area contributed by atoms with Gasteiger partial charge in [-0.3, -0.25) is 0 Å². The number of hydrogen-bond donors (Lipinski definition) is 1. The molecule has 1 N–H and O–H groups in total. The number of aromatic nitrogens is 1. The summed E-state index contributed by atoms with van der Waals surface area (Å²) in [5.41, 5.74) is 1.55. The maximum Gasteiger partial charge on any atom is 0.407 e. The van der Waals surface area contributed by atoms with E-state index in [1.165, 1.54) is 0 Å². The highest BCUT2D eigenvalue weighted by Gasteiger charge is 2.24. The Bertz CT molecular complexity index is 610. The number of carbonyl (C=O) groups is 1. The Morgan fingerprint density at radius 2 is 2.36 bits per heavy atom. The summed E-state index contributed by atoms with van der Waals surface area (Å²) in [6.07, 6.45) is -0.792. The predicted molar refractivity (Wildman–Crippen MR) is 81.0 cm³/mol. The van der Waals surface area contributed by atoms with Crippen molar-refractivity contribution >= 4 is 23.2 Å². The number of para-hydroxylation sites is 2. The van der Waals surface area contributed by atoms with Crippen molar-refractivity contribution in [3.8, 4) is 0 Å². The number of amides is 1. The second kappa shape index (κ2) is 6.65. The molecule has 0 saturated carbocycles. The molecule has 0 aliphatic carbocycles. The normalized spacial score (nSPS) is 19.0. The quantitative estimate of drug-likeness (QED) is 0.931. The Morgan fingerprint density at radius 1 is 1.50 bits per heavy atom. The first-order valence-corrected chi connectivity index (χ1v) is 7.39. The molecule has 2 heterocycles. The first-order valence-electron chi connectivity index (χ1n) is 7.39. The molecular formula is C15H19N3O4. The number of ether oxygens (including phenoxy) is 2. The minimum absolute atomic E-state index is 0.357. The van der Waals surface area contributed by atoms with Crippen LogP contribution < -0.4 is 10.2 Å². The monoisotopic (exact) mass is 305 g/mol. The van der Waals surface area contributed by atoms with Crippen LogP contribution in [0.4, 0.5) is 10.8 Å². The van der Waals surface area contributed by atoms with E-state index in [1.807, 2.05) is 36.1 Å². The molecule has 2 aromatic rings. The molecule has 22 heavy (non-hydrogen) atoms. The van der Waals surface area contributed by atoms with Gasteiger partial charge in [0.2, 0.25) is 0 Å². The number of carbonyl (C=O) groups excluding carboxylic acids is 1. The van der Waals surface area contributed by atoms with E-state index in [0.717, 1.165) is 11.1 Å². The first kappa shape index (κ1) is 14.6. The molecule has 1 aliphatic rings. The molecule has 1 atom stereocenters. The molecule has 118 valence electrons.